The zero-order valence-electron chi connectivity index (χ0n) is 13.2. The van der Waals surface area contributed by atoms with Crippen molar-refractivity contribution in [2.24, 2.45) is 11.1 Å². The minimum Gasteiger partial charge on any atom is -0.323 e. The van der Waals surface area contributed by atoms with Gasteiger partial charge in [0.2, 0.25) is 0 Å². The molecule has 1 atom stereocenters. The van der Waals surface area contributed by atoms with Crippen LogP contribution >= 0.6 is 0 Å². The van der Waals surface area contributed by atoms with Crippen LogP contribution in [0.4, 0.5) is 0 Å². The quantitative estimate of drug-likeness (QED) is 0.885. The summed E-state index contributed by atoms with van der Waals surface area (Å²) in [5.41, 5.74) is 8.95. The van der Waals surface area contributed by atoms with Gasteiger partial charge in [0.15, 0.2) is 0 Å². The van der Waals surface area contributed by atoms with E-state index in [0.29, 0.717) is 0 Å². The highest BCUT2D eigenvalue weighted by Gasteiger charge is 2.29. The second-order valence-corrected chi connectivity index (χ2v) is 6.40. The molecule has 0 spiro atoms. The Kier molecular flexibility index (Phi) is 5.10. The van der Waals surface area contributed by atoms with Gasteiger partial charge >= 0.3 is 0 Å². The molecule has 21 heavy (non-hydrogen) atoms. The predicted molar refractivity (Wildman–Crippen MR) is 87.7 cm³/mol. The normalized spacial score (nSPS) is 13.4. The Balaban J connectivity index is 2.00. The van der Waals surface area contributed by atoms with Crippen LogP contribution in [-0.2, 0) is 6.54 Å². The number of aromatic nitrogens is 1. The molecule has 1 unspecified atom stereocenters. The molecule has 0 aliphatic heterocycles. The molecule has 112 valence electrons. The summed E-state index contributed by atoms with van der Waals surface area (Å²) in [6, 6.07) is 14.5. The van der Waals surface area contributed by atoms with Crippen LogP contribution in [0.1, 0.15) is 31.0 Å². The van der Waals surface area contributed by atoms with E-state index < -0.39 is 0 Å². The van der Waals surface area contributed by atoms with Crippen molar-refractivity contribution in [1.82, 2.24) is 9.88 Å². The van der Waals surface area contributed by atoms with Crippen molar-refractivity contribution < 1.29 is 0 Å². The molecule has 0 aliphatic rings. The van der Waals surface area contributed by atoms with E-state index in [-0.39, 0.29) is 11.5 Å². The van der Waals surface area contributed by atoms with Crippen LogP contribution in [0.3, 0.4) is 0 Å². The third-order valence-electron chi connectivity index (χ3n) is 3.88. The van der Waals surface area contributed by atoms with Crippen LogP contribution in [0.15, 0.2) is 54.9 Å². The van der Waals surface area contributed by atoms with E-state index in [2.05, 4.69) is 55.0 Å². The maximum atomic E-state index is 6.48. The summed E-state index contributed by atoms with van der Waals surface area (Å²) in [5.74, 6) is 0. The van der Waals surface area contributed by atoms with E-state index >= 15 is 0 Å². The van der Waals surface area contributed by atoms with Crippen molar-refractivity contribution in [1.29, 1.82) is 0 Å². The first-order valence-corrected chi connectivity index (χ1v) is 7.37. The first-order valence-electron chi connectivity index (χ1n) is 7.37. The van der Waals surface area contributed by atoms with Gasteiger partial charge in [0.1, 0.15) is 0 Å². The van der Waals surface area contributed by atoms with Gasteiger partial charge in [0.25, 0.3) is 0 Å². The molecular formula is C18H25N3. The molecule has 0 fully saturated rings. The number of hydrogen-bond donors (Lipinski definition) is 1. The fourth-order valence-corrected chi connectivity index (χ4v) is 2.76. The van der Waals surface area contributed by atoms with Crippen LogP contribution in [0.25, 0.3) is 0 Å². The van der Waals surface area contributed by atoms with Gasteiger partial charge in [-0.25, -0.2) is 0 Å². The lowest BCUT2D eigenvalue weighted by Crippen LogP contribution is -2.39. The van der Waals surface area contributed by atoms with Crippen LogP contribution in [0.2, 0.25) is 0 Å². The molecule has 3 heteroatoms. The Labute approximate surface area is 127 Å². The Bertz CT molecular complexity index is 537. The van der Waals surface area contributed by atoms with E-state index in [4.69, 9.17) is 5.73 Å². The summed E-state index contributed by atoms with van der Waals surface area (Å²) >= 11 is 0. The Morgan fingerprint density at radius 1 is 1.10 bits per heavy atom. The van der Waals surface area contributed by atoms with Gasteiger partial charge in [-0.1, -0.05) is 44.2 Å². The molecule has 0 amide bonds. The zero-order chi connectivity index (χ0) is 15.3. The molecule has 2 aromatic rings. The first kappa shape index (κ1) is 15.7. The molecule has 0 saturated heterocycles. The van der Waals surface area contributed by atoms with Crippen LogP contribution < -0.4 is 5.73 Å². The van der Waals surface area contributed by atoms with Gasteiger partial charge in [-0.15, -0.1) is 0 Å². The zero-order valence-corrected chi connectivity index (χ0v) is 13.2. The van der Waals surface area contributed by atoms with Crippen LogP contribution in [0, 0.1) is 5.41 Å². The van der Waals surface area contributed by atoms with E-state index in [0.717, 1.165) is 13.1 Å². The second kappa shape index (κ2) is 6.83. The summed E-state index contributed by atoms with van der Waals surface area (Å²) in [6.45, 7) is 6.31. The minimum absolute atomic E-state index is 0.00311. The summed E-state index contributed by atoms with van der Waals surface area (Å²) in [7, 11) is 2.14. The summed E-state index contributed by atoms with van der Waals surface area (Å²) < 4.78 is 0. The summed E-state index contributed by atoms with van der Waals surface area (Å²) in [5, 5.41) is 0. The highest BCUT2D eigenvalue weighted by Crippen LogP contribution is 2.32. The molecule has 1 aromatic heterocycles. The lowest BCUT2D eigenvalue weighted by atomic mass is 9.80. The molecule has 2 rings (SSSR count). The maximum absolute atomic E-state index is 6.48. The van der Waals surface area contributed by atoms with Gasteiger partial charge in [-0.05, 0) is 35.7 Å². The van der Waals surface area contributed by atoms with E-state index in [1.807, 2.05) is 30.6 Å². The number of pyridine rings is 1. The molecule has 1 aromatic carbocycles. The van der Waals surface area contributed by atoms with Crippen LogP contribution in [0.5, 0.6) is 0 Å². The molecule has 0 radical (unpaired) electrons. The number of nitrogens with zero attached hydrogens (tertiary/aromatic N) is 2. The van der Waals surface area contributed by atoms with Gasteiger partial charge in [-0.2, -0.15) is 0 Å². The van der Waals surface area contributed by atoms with Gasteiger partial charge in [-0.3, -0.25) is 4.98 Å². The molecule has 0 aliphatic carbocycles. The average Bonchev–Trinajstić information content (AvgIpc) is 2.47. The lowest BCUT2D eigenvalue weighted by molar-refractivity contribution is 0.172. The lowest BCUT2D eigenvalue weighted by Gasteiger charge is -2.35. The Morgan fingerprint density at radius 3 is 2.33 bits per heavy atom. The first-order chi connectivity index (χ1) is 9.99. The number of rotatable bonds is 6. The van der Waals surface area contributed by atoms with Crippen molar-refractivity contribution in [2.75, 3.05) is 13.6 Å². The number of nitrogens with two attached hydrogens (primary N) is 1. The fraction of sp³-hybridized carbons (Fsp3) is 0.389. The molecule has 2 N–H and O–H groups in total. The molecular weight excluding hydrogens is 258 g/mol. The maximum Gasteiger partial charge on any atom is 0.0359 e. The van der Waals surface area contributed by atoms with Crippen molar-refractivity contribution in [3.05, 3.63) is 66.0 Å². The topological polar surface area (TPSA) is 42.2 Å². The largest absolute Gasteiger partial charge is 0.323 e. The van der Waals surface area contributed by atoms with E-state index in [9.17, 15) is 0 Å². The average molecular weight is 283 g/mol. The van der Waals surface area contributed by atoms with Crippen molar-refractivity contribution >= 4 is 0 Å². The molecule has 0 bridgehead atoms. The Morgan fingerprint density at radius 2 is 1.71 bits per heavy atom. The highest BCUT2D eigenvalue weighted by molar-refractivity contribution is 5.20. The number of hydrogen-bond acceptors (Lipinski definition) is 3. The van der Waals surface area contributed by atoms with Crippen molar-refractivity contribution in [3.8, 4) is 0 Å². The number of benzene rings is 1. The highest BCUT2D eigenvalue weighted by atomic mass is 15.1. The molecule has 3 nitrogen and oxygen atoms in total. The predicted octanol–water partition coefficient (Wildman–Crippen LogP) is 3.24. The summed E-state index contributed by atoms with van der Waals surface area (Å²) in [4.78, 5) is 6.37. The van der Waals surface area contributed by atoms with Gasteiger partial charge in [0, 0.05) is 31.5 Å². The third kappa shape index (κ3) is 4.38. The minimum atomic E-state index is 0.00311. The summed E-state index contributed by atoms with van der Waals surface area (Å²) in [6.07, 6.45) is 3.67. The Hall–Kier alpha value is -1.71. The van der Waals surface area contributed by atoms with E-state index in [1.54, 1.807) is 0 Å². The van der Waals surface area contributed by atoms with Crippen LogP contribution in [-0.4, -0.2) is 23.5 Å². The third-order valence-corrected chi connectivity index (χ3v) is 3.88. The van der Waals surface area contributed by atoms with Crippen molar-refractivity contribution in [3.63, 3.8) is 0 Å². The van der Waals surface area contributed by atoms with E-state index in [1.165, 1.54) is 11.1 Å². The SMILES string of the molecule is CN(Cc1ccncc1)CC(C)(C)C(N)c1ccccc1. The smallest absolute Gasteiger partial charge is 0.0359 e. The standard InChI is InChI=1S/C18H25N3/c1-18(2,17(19)16-7-5-4-6-8-16)14-21(3)13-15-9-11-20-12-10-15/h4-12,17H,13-14,19H2,1-3H3. The van der Waals surface area contributed by atoms with Crippen molar-refractivity contribution in [2.45, 2.75) is 26.4 Å². The molecule has 1 heterocycles. The monoisotopic (exact) mass is 283 g/mol. The second-order valence-electron chi connectivity index (χ2n) is 6.40. The van der Waals surface area contributed by atoms with Gasteiger partial charge in [0.05, 0.1) is 0 Å². The molecule has 0 saturated carbocycles. The van der Waals surface area contributed by atoms with Gasteiger partial charge < -0.3 is 10.6 Å². The fourth-order valence-electron chi connectivity index (χ4n) is 2.76.